The second-order valence-electron chi connectivity index (χ2n) is 5.21. The lowest BCUT2D eigenvalue weighted by atomic mass is 10.1. The molecule has 0 radical (unpaired) electrons. The maximum atomic E-state index is 4.46. The highest BCUT2D eigenvalue weighted by atomic mass is 32.1. The Morgan fingerprint density at radius 1 is 1.38 bits per heavy atom. The van der Waals surface area contributed by atoms with Crippen LogP contribution in [0.4, 0.5) is 5.82 Å². The summed E-state index contributed by atoms with van der Waals surface area (Å²) in [5.74, 6) is 0.914. The van der Waals surface area contributed by atoms with Crippen LogP contribution < -0.4 is 5.32 Å². The third-order valence-electron chi connectivity index (χ3n) is 3.72. The number of hydrogen-bond donors (Lipinski definition) is 1. The topological polar surface area (TPSA) is 55.6 Å². The number of hydrogen-bond acceptors (Lipinski definition) is 5. The molecule has 0 amide bonds. The fourth-order valence-corrected chi connectivity index (χ4v) is 3.67. The largest absolute Gasteiger partial charge is 0.363 e. The van der Waals surface area contributed by atoms with E-state index in [1.165, 1.54) is 15.8 Å². The molecule has 0 aliphatic heterocycles. The molecule has 3 rings (SSSR count). The highest BCUT2D eigenvalue weighted by Gasteiger charge is 2.16. The third kappa shape index (κ3) is 2.51. The Labute approximate surface area is 128 Å². The molecule has 6 heteroatoms. The normalized spacial score (nSPS) is 12.8. The summed E-state index contributed by atoms with van der Waals surface area (Å²) in [6.45, 7) is 6.45. The lowest BCUT2D eigenvalue weighted by Crippen LogP contribution is -2.08. The average molecular weight is 301 g/mol. The van der Waals surface area contributed by atoms with E-state index < -0.39 is 0 Å². The minimum Gasteiger partial charge on any atom is -0.363 e. The minimum absolute atomic E-state index is 0.154. The van der Waals surface area contributed by atoms with Crippen molar-refractivity contribution in [1.29, 1.82) is 0 Å². The zero-order chi connectivity index (χ0) is 15.0. The van der Waals surface area contributed by atoms with Gasteiger partial charge in [0.05, 0.1) is 17.6 Å². The van der Waals surface area contributed by atoms with E-state index in [9.17, 15) is 0 Å². The summed E-state index contributed by atoms with van der Waals surface area (Å²) in [5, 5.41) is 8.90. The SMILES string of the molecule is CCc1c(C)sc2ncnc(NC(C)c3cnn(C)c3)c12. The monoisotopic (exact) mass is 301 g/mol. The molecule has 0 saturated carbocycles. The van der Waals surface area contributed by atoms with E-state index >= 15 is 0 Å². The minimum atomic E-state index is 0.154. The molecular weight excluding hydrogens is 282 g/mol. The second kappa shape index (κ2) is 5.44. The smallest absolute Gasteiger partial charge is 0.138 e. The van der Waals surface area contributed by atoms with Crippen LogP contribution in [0.1, 0.15) is 35.9 Å². The molecule has 1 N–H and O–H groups in total. The van der Waals surface area contributed by atoms with Gasteiger partial charge in [-0.1, -0.05) is 6.92 Å². The molecule has 0 spiro atoms. The predicted octanol–water partition coefficient (Wildman–Crippen LogP) is 3.47. The summed E-state index contributed by atoms with van der Waals surface area (Å²) < 4.78 is 1.81. The van der Waals surface area contributed by atoms with Crippen molar-refractivity contribution in [3.05, 3.63) is 34.7 Å². The van der Waals surface area contributed by atoms with Gasteiger partial charge < -0.3 is 5.32 Å². The Morgan fingerprint density at radius 2 is 2.19 bits per heavy atom. The third-order valence-corrected chi connectivity index (χ3v) is 4.78. The second-order valence-corrected chi connectivity index (χ2v) is 6.41. The van der Waals surface area contributed by atoms with Crippen LogP contribution in [0, 0.1) is 6.92 Å². The number of aryl methyl sites for hydroxylation is 3. The zero-order valence-electron chi connectivity index (χ0n) is 12.7. The number of thiophene rings is 1. The molecule has 0 saturated heterocycles. The van der Waals surface area contributed by atoms with Crippen molar-refractivity contribution in [3.8, 4) is 0 Å². The number of fused-ring (bicyclic) bond motifs is 1. The summed E-state index contributed by atoms with van der Waals surface area (Å²) in [6, 6.07) is 0.154. The van der Waals surface area contributed by atoms with Crippen molar-refractivity contribution in [3.63, 3.8) is 0 Å². The van der Waals surface area contributed by atoms with Crippen molar-refractivity contribution in [1.82, 2.24) is 19.7 Å². The Balaban J connectivity index is 2.00. The molecule has 3 heterocycles. The fourth-order valence-electron chi connectivity index (χ4n) is 2.59. The molecule has 0 aliphatic carbocycles. The summed E-state index contributed by atoms with van der Waals surface area (Å²) in [4.78, 5) is 11.2. The van der Waals surface area contributed by atoms with Crippen molar-refractivity contribution in [2.75, 3.05) is 5.32 Å². The molecular formula is C15H19N5S. The van der Waals surface area contributed by atoms with Gasteiger partial charge in [0.25, 0.3) is 0 Å². The molecule has 110 valence electrons. The van der Waals surface area contributed by atoms with Crippen LogP contribution in [-0.2, 0) is 13.5 Å². The lowest BCUT2D eigenvalue weighted by molar-refractivity contribution is 0.765. The van der Waals surface area contributed by atoms with E-state index in [1.807, 2.05) is 24.1 Å². The molecule has 5 nitrogen and oxygen atoms in total. The van der Waals surface area contributed by atoms with Crippen LogP contribution in [0.2, 0.25) is 0 Å². The lowest BCUT2D eigenvalue weighted by Gasteiger charge is -2.14. The first-order chi connectivity index (χ1) is 10.1. The van der Waals surface area contributed by atoms with Gasteiger partial charge in [-0.25, -0.2) is 9.97 Å². The van der Waals surface area contributed by atoms with Crippen molar-refractivity contribution < 1.29 is 0 Å². The molecule has 1 atom stereocenters. The van der Waals surface area contributed by atoms with E-state index in [0.29, 0.717) is 0 Å². The molecule has 0 aliphatic rings. The molecule has 3 aromatic heterocycles. The van der Waals surface area contributed by atoms with Gasteiger partial charge in [0.2, 0.25) is 0 Å². The number of anilines is 1. The molecule has 0 aromatic carbocycles. The highest BCUT2D eigenvalue weighted by Crippen LogP contribution is 2.34. The highest BCUT2D eigenvalue weighted by molar-refractivity contribution is 7.18. The van der Waals surface area contributed by atoms with Gasteiger partial charge in [-0.2, -0.15) is 5.10 Å². The Bertz CT molecular complexity index is 774. The first-order valence-corrected chi connectivity index (χ1v) is 7.89. The van der Waals surface area contributed by atoms with E-state index in [-0.39, 0.29) is 6.04 Å². The van der Waals surface area contributed by atoms with Gasteiger partial charge in [0, 0.05) is 23.7 Å². The summed E-state index contributed by atoms with van der Waals surface area (Å²) in [5.41, 5.74) is 2.49. The maximum Gasteiger partial charge on any atom is 0.138 e. The van der Waals surface area contributed by atoms with Gasteiger partial charge in [0.15, 0.2) is 0 Å². The summed E-state index contributed by atoms with van der Waals surface area (Å²) in [6.07, 6.45) is 6.54. The van der Waals surface area contributed by atoms with Crippen LogP contribution in [0.15, 0.2) is 18.7 Å². The molecule has 3 aromatic rings. The molecule has 0 bridgehead atoms. The van der Waals surface area contributed by atoms with E-state index in [1.54, 1.807) is 17.7 Å². The Kier molecular flexibility index (Phi) is 3.63. The van der Waals surface area contributed by atoms with E-state index in [4.69, 9.17) is 0 Å². The molecule has 0 fully saturated rings. The van der Waals surface area contributed by atoms with Crippen molar-refractivity contribution >= 4 is 27.4 Å². The van der Waals surface area contributed by atoms with Crippen molar-refractivity contribution in [2.45, 2.75) is 33.2 Å². The van der Waals surface area contributed by atoms with Gasteiger partial charge in [-0.3, -0.25) is 4.68 Å². The Morgan fingerprint density at radius 3 is 2.86 bits per heavy atom. The van der Waals surface area contributed by atoms with E-state index in [2.05, 4.69) is 41.2 Å². The van der Waals surface area contributed by atoms with E-state index in [0.717, 1.165) is 22.6 Å². The standard InChI is InChI=1S/C15H19N5S/c1-5-12-10(3)21-15-13(12)14(16-8-17-15)19-9(2)11-6-18-20(4)7-11/h6-9H,5H2,1-4H3,(H,16,17,19). The number of nitrogens with one attached hydrogen (secondary N) is 1. The van der Waals surface area contributed by atoms with Crippen molar-refractivity contribution in [2.24, 2.45) is 7.05 Å². The van der Waals surface area contributed by atoms with Gasteiger partial charge in [-0.05, 0) is 25.8 Å². The quantitative estimate of drug-likeness (QED) is 0.801. The maximum absolute atomic E-state index is 4.46. The van der Waals surface area contributed by atoms with Gasteiger partial charge >= 0.3 is 0 Å². The first-order valence-electron chi connectivity index (χ1n) is 7.08. The summed E-state index contributed by atoms with van der Waals surface area (Å²) >= 11 is 1.74. The number of rotatable bonds is 4. The average Bonchev–Trinajstić information content (AvgIpc) is 3.02. The van der Waals surface area contributed by atoms with Crippen LogP contribution in [-0.4, -0.2) is 19.7 Å². The Hall–Kier alpha value is -1.95. The fraction of sp³-hybridized carbons (Fsp3) is 0.400. The molecule has 1 unspecified atom stereocenters. The number of nitrogens with zero attached hydrogens (tertiary/aromatic N) is 4. The van der Waals surface area contributed by atoms with Crippen LogP contribution in [0.25, 0.3) is 10.2 Å². The van der Waals surface area contributed by atoms with Gasteiger partial charge in [0.1, 0.15) is 17.0 Å². The zero-order valence-corrected chi connectivity index (χ0v) is 13.5. The van der Waals surface area contributed by atoms with Crippen LogP contribution in [0.5, 0.6) is 0 Å². The van der Waals surface area contributed by atoms with Crippen LogP contribution in [0.3, 0.4) is 0 Å². The summed E-state index contributed by atoms with van der Waals surface area (Å²) in [7, 11) is 1.93. The van der Waals surface area contributed by atoms with Crippen LogP contribution >= 0.6 is 11.3 Å². The predicted molar refractivity (Wildman–Crippen MR) is 86.8 cm³/mol. The number of aromatic nitrogens is 4. The first kappa shape index (κ1) is 14.0. The van der Waals surface area contributed by atoms with Gasteiger partial charge in [-0.15, -0.1) is 11.3 Å². The molecule has 21 heavy (non-hydrogen) atoms.